The van der Waals surface area contributed by atoms with Crippen molar-refractivity contribution in [3.8, 4) is 11.8 Å². The first-order valence-corrected chi connectivity index (χ1v) is 10.7. The highest BCUT2D eigenvalue weighted by Crippen LogP contribution is 2.25. The maximum atomic E-state index is 10.9. The molecule has 164 valence electrons. The van der Waals surface area contributed by atoms with Crippen LogP contribution in [0.4, 0.5) is 0 Å². The van der Waals surface area contributed by atoms with Crippen LogP contribution in [0.5, 0.6) is 11.8 Å². The van der Waals surface area contributed by atoms with E-state index in [0.717, 1.165) is 43.6 Å². The van der Waals surface area contributed by atoms with E-state index >= 15 is 0 Å². The molecule has 2 N–H and O–H groups in total. The summed E-state index contributed by atoms with van der Waals surface area (Å²) in [5, 5.41) is 14.5. The number of likely N-dealkylation sites (tertiary alicyclic amines) is 1. The third-order valence-corrected chi connectivity index (χ3v) is 5.60. The molecule has 1 saturated heterocycles. The number of ether oxygens (including phenoxy) is 2. The zero-order chi connectivity index (χ0) is 21.5. The van der Waals surface area contributed by atoms with Crippen LogP contribution in [0.15, 0.2) is 48.8 Å². The molecule has 8 nitrogen and oxygen atoms in total. The van der Waals surface area contributed by atoms with Crippen molar-refractivity contribution in [1.82, 2.24) is 25.2 Å². The van der Waals surface area contributed by atoms with E-state index in [2.05, 4.69) is 25.2 Å². The van der Waals surface area contributed by atoms with Gasteiger partial charge in [-0.15, -0.1) is 0 Å². The lowest BCUT2D eigenvalue weighted by Crippen LogP contribution is -2.44. The summed E-state index contributed by atoms with van der Waals surface area (Å²) >= 11 is 0. The highest BCUT2D eigenvalue weighted by Gasteiger charge is 2.22. The van der Waals surface area contributed by atoms with Crippen molar-refractivity contribution < 1.29 is 14.6 Å². The summed E-state index contributed by atoms with van der Waals surface area (Å²) in [6.45, 7) is 3.85. The lowest BCUT2D eigenvalue weighted by Gasteiger charge is -2.33. The van der Waals surface area contributed by atoms with Gasteiger partial charge in [0.25, 0.3) is 0 Å². The van der Waals surface area contributed by atoms with Crippen LogP contribution in [0.2, 0.25) is 0 Å². The quantitative estimate of drug-likeness (QED) is 0.506. The lowest BCUT2D eigenvalue weighted by atomic mass is 10.0. The van der Waals surface area contributed by atoms with E-state index in [9.17, 15) is 5.11 Å². The van der Waals surface area contributed by atoms with Crippen molar-refractivity contribution in [2.45, 2.75) is 25.0 Å². The molecule has 0 saturated carbocycles. The minimum Gasteiger partial charge on any atom is -0.481 e. The molecule has 31 heavy (non-hydrogen) atoms. The minimum atomic E-state index is -0.624. The van der Waals surface area contributed by atoms with Crippen molar-refractivity contribution in [1.29, 1.82) is 0 Å². The van der Waals surface area contributed by atoms with Crippen molar-refractivity contribution in [2.75, 3.05) is 39.9 Å². The van der Waals surface area contributed by atoms with E-state index in [-0.39, 0.29) is 0 Å². The Morgan fingerprint density at radius 1 is 1.10 bits per heavy atom. The van der Waals surface area contributed by atoms with E-state index in [1.165, 1.54) is 0 Å². The van der Waals surface area contributed by atoms with Crippen LogP contribution in [0.3, 0.4) is 0 Å². The Bertz CT molecular complexity index is 964. The van der Waals surface area contributed by atoms with Gasteiger partial charge in [0.15, 0.2) is 0 Å². The number of aliphatic hydroxyl groups excluding tert-OH is 1. The topological polar surface area (TPSA) is 92.6 Å². The molecule has 0 bridgehead atoms. The fourth-order valence-corrected chi connectivity index (χ4v) is 3.92. The average Bonchev–Trinajstić information content (AvgIpc) is 2.82. The van der Waals surface area contributed by atoms with Crippen molar-refractivity contribution in [3.63, 3.8) is 0 Å². The zero-order valence-electron chi connectivity index (χ0n) is 17.8. The van der Waals surface area contributed by atoms with Gasteiger partial charge in [0.1, 0.15) is 6.61 Å². The normalized spacial score (nSPS) is 16.3. The molecule has 1 fully saturated rings. The summed E-state index contributed by atoms with van der Waals surface area (Å²) < 4.78 is 10.9. The number of hydrogen-bond acceptors (Lipinski definition) is 8. The van der Waals surface area contributed by atoms with Crippen molar-refractivity contribution in [2.24, 2.45) is 0 Å². The first-order chi connectivity index (χ1) is 15.2. The Morgan fingerprint density at radius 3 is 2.74 bits per heavy atom. The summed E-state index contributed by atoms with van der Waals surface area (Å²) in [4.78, 5) is 15.3. The van der Waals surface area contributed by atoms with E-state index in [1.54, 1.807) is 25.6 Å². The molecule has 8 heteroatoms. The molecule has 0 amide bonds. The molecule has 0 unspecified atom stereocenters. The molecule has 1 aliphatic heterocycles. The molecule has 0 aliphatic carbocycles. The Balaban J connectivity index is 1.24. The fourth-order valence-electron chi connectivity index (χ4n) is 3.92. The third kappa shape index (κ3) is 5.66. The first kappa shape index (κ1) is 21.4. The molecule has 0 radical (unpaired) electrons. The third-order valence-electron chi connectivity index (χ3n) is 5.60. The van der Waals surface area contributed by atoms with Crippen LogP contribution in [-0.2, 0) is 0 Å². The number of nitrogens with one attached hydrogen (secondary N) is 1. The van der Waals surface area contributed by atoms with Gasteiger partial charge < -0.3 is 24.8 Å². The molecule has 4 rings (SSSR count). The van der Waals surface area contributed by atoms with Crippen LogP contribution in [0.25, 0.3) is 11.0 Å². The van der Waals surface area contributed by atoms with Gasteiger partial charge in [-0.25, -0.2) is 9.97 Å². The molecule has 0 aromatic carbocycles. The standard InChI is InChI=1S/C23H29N5O3/c1-30-22-6-5-19-23(27-22)18(7-11-25-19)20(29)16-28-13-8-17(9-14-28)24-12-15-31-21-4-2-3-10-26-21/h2-7,10-11,17,20,24,29H,8-9,12-16H2,1H3/t20-/m0/s1. The number of pyridine rings is 3. The summed E-state index contributed by atoms with van der Waals surface area (Å²) in [6, 6.07) is 11.6. The number of methoxy groups -OCH3 is 1. The Morgan fingerprint density at radius 2 is 1.97 bits per heavy atom. The summed E-state index contributed by atoms with van der Waals surface area (Å²) in [5.41, 5.74) is 2.24. The maximum Gasteiger partial charge on any atom is 0.213 e. The fraction of sp³-hybridized carbons (Fsp3) is 0.435. The minimum absolute atomic E-state index is 0.466. The van der Waals surface area contributed by atoms with Gasteiger partial charge in [-0.3, -0.25) is 4.98 Å². The predicted octanol–water partition coefficient (Wildman–Crippen LogP) is 2.20. The van der Waals surface area contributed by atoms with Gasteiger partial charge in [0, 0.05) is 49.2 Å². The molecule has 0 spiro atoms. The van der Waals surface area contributed by atoms with Crippen LogP contribution in [0.1, 0.15) is 24.5 Å². The summed E-state index contributed by atoms with van der Waals surface area (Å²) in [7, 11) is 1.59. The van der Waals surface area contributed by atoms with Crippen LogP contribution in [0, 0.1) is 0 Å². The van der Waals surface area contributed by atoms with Gasteiger partial charge in [0.2, 0.25) is 11.8 Å². The van der Waals surface area contributed by atoms with E-state index < -0.39 is 6.10 Å². The molecule has 3 aromatic heterocycles. The largest absolute Gasteiger partial charge is 0.481 e. The molecular formula is C23H29N5O3. The maximum absolute atomic E-state index is 10.9. The van der Waals surface area contributed by atoms with E-state index in [1.807, 2.05) is 30.3 Å². The van der Waals surface area contributed by atoms with E-state index in [0.29, 0.717) is 36.5 Å². The number of aromatic nitrogens is 3. The van der Waals surface area contributed by atoms with Gasteiger partial charge >= 0.3 is 0 Å². The SMILES string of the molecule is COc1ccc2nccc([C@@H](O)CN3CCC(NCCOc4ccccn4)CC3)c2n1. The number of nitrogens with zero attached hydrogens (tertiary/aromatic N) is 4. The second-order valence-corrected chi connectivity index (χ2v) is 7.68. The van der Waals surface area contributed by atoms with Gasteiger partial charge in [-0.2, -0.15) is 0 Å². The summed E-state index contributed by atoms with van der Waals surface area (Å²) in [6.07, 6.45) is 4.91. The average molecular weight is 424 g/mol. The zero-order valence-corrected chi connectivity index (χ0v) is 17.8. The van der Waals surface area contributed by atoms with Crippen LogP contribution < -0.4 is 14.8 Å². The molecule has 4 heterocycles. The van der Waals surface area contributed by atoms with Crippen LogP contribution in [-0.4, -0.2) is 70.9 Å². The number of aliphatic hydroxyl groups is 1. The number of hydrogen-bond donors (Lipinski definition) is 2. The molecule has 1 atom stereocenters. The number of piperidine rings is 1. The van der Waals surface area contributed by atoms with Gasteiger partial charge in [-0.05, 0) is 44.1 Å². The Labute approximate surface area is 182 Å². The van der Waals surface area contributed by atoms with Gasteiger partial charge in [-0.1, -0.05) is 6.07 Å². The Kier molecular flexibility index (Phi) is 7.24. The summed E-state index contributed by atoms with van der Waals surface area (Å²) in [5.74, 6) is 1.18. The second-order valence-electron chi connectivity index (χ2n) is 7.68. The van der Waals surface area contributed by atoms with Crippen LogP contribution >= 0.6 is 0 Å². The molecular weight excluding hydrogens is 394 g/mol. The molecule has 3 aromatic rings. The smallest absolute Gasteiger partial charge is 0.213 e. The monoisotopic (exact) mass is 423 g/mol. The number of fused-ring (bicyclic) bond motifs is 1. The number of β-amino-alcohol motifs (C(OH)–C–C–N with tert-alkyl or cyclic N) is 1. The first-order valence-electron chi connectivity index (χ1n) is 10.7. The van der Waals surface area contributed by atoms with E-state index in [4.69, 9.17) is 9.47 Å². The van der Waals surface area contributed by atoms with Gasteiger partial charge in [0.05, 0.1) is 24.2 Å². The van der Waals surface area contributed by atoms with Crippen molar-refractivity contribution >= 4 is 11.0 Å². The molecule has 1 aliphatic rings. The number of rotatable bonds is 9. The highest BCUT2D eigenvalue weighted by molar-refractivity contribution is 5.78. The predicted molar refractivity (Wildman–Crippen MR) is 118 cm³/mol. The lowest BCUT2D eigenvalue weighted by molar-refractivity contribution is 0.0944. The second kappa shape index (κ2) is 10.5. The Hall–Kier alpha value is -2.81. The highest BCUT2D eigenvalue weighted by atomic mass is 16.5. The van der Waals surface area contributed by atoms with Crippen molar-refractivity contribution in [3.05, 3.63) is 54.4 Å².